The van der Waals surface area contributed by atoms with Crippen molar-refractivity contribution in [3.05, 3.63) is 107 Å². The van der Waals surface area contributed by atoms with Gasteiger partial charge in [0.25, 0.3) is 0 Å². The molecule has 0 aliphatic carbocycles. The minimum absolute atomic E-state index is 0.0694. The zero-order valence-electron chi connectivity index (χ0n) is 17.9. The standard InChI is InChI=1S/C25H25N5OS/c1-19-9-11-20(12-10-19)14-23-28-25(32-29-23)30(17-21-6-3-2-4-7-21)18-24(31)27-16-22-8-5-13-26-15-22/h2-13,15H,14,16-18H2,1H3,(H,27,31). The molecule has 4 aromatic rings. The molecular weight excluding hydrogens is 418 g/mol. The highest BCUT2D eigenvalue weighted by atomic mass is 32.1. The number of amides is 1. The molecule has 0 unspecified atom stereocenters. The van der Waals surface area contributed by atoms with E-state index in [-0.39, 0.29) is 12.5 Å². The first-order chi connectivity index (χ1) is 15.7. The molecule has 0 spiro atoms. The molecule has 0 saturated carbocycles. The van der Waals surface area contributed by atoms with Crippen molar-refractivity contribution in [1.82, 2.24) is 19.7 Å². The summed E-state index contributed by atoms with van der Waals surface area (Å²) in [6.45, 7) is 3.30. The number of nitrogens with one attached hydrogen (secondary N) is 1. The predicted molar refractivity (Wildman–Crippen MR) is 127 cm³/mol. The molecule has 4 rings (SSSR count). The lowest BCUT2D eigenvalue weighted by atomic mass is 10.1. The second kappa shape index (κ2) is 10.6. The van der Waals surface area contributed by atoms with E-state index in [0.717, 1.165) is 22.1 Å². The third-order valence-electron chi connectivity index (χ3n) is 4.97. The van der Waals surface area contributed by atoms with Crippen LogP contribution in [0.3, 0.4) is 0 Å². The molecule has 2 aromatic heterocycles. The third-order valence-corrected chi connectivity index (χ3v) is 5.79. The Kier molecular flexibility index (Phi) is 7.19. The number of rotatable bonds is 9. The fourth-order valence-corrected chi connectivity index (χ4v) is 3.94. The van der Waals surface area contributed by atoms with Gasteiger partial charge in [-0.05, 0) is 29.7 Å². The minimum atomic E-state index is -0.0694. The average Bonchev–Trinajstić information content (AvgIpc) is 3.29. The van der Waals surface area contributed by atoms with Crippen LogP contribution >= 0.6 is 11.5 Å². The van der Waals surface area contributed by atoms with Crippen LogP contribution in [0.25, 0.3) is 0 Å². The van der Waals surface area contributed by atoms with E-state index in [1.165, 1.54) is 22.7 Å². The van der Waals surface area contributed by atoms with Gasteiger partial charge in [-0.1, -0.05) is 66.2 Å². The van der Waals surface area contributed by atoms with Gasteiger partial charge in [0.05, 0.1) is 6.54 Å². The van der Waals surface area contributed by atoms with E-state index in [1.807, 2.05) is 35.2 Å². The summed E-state index contributed by atoms with van der Waals surface area (Å²) in [4.78, 5) is 23.5. The van der Waals surface area contributed by atoms with E-state index < -0.39 is 0 Å². The Hall–Kier alpha value is -3.58. The van der Waals surface area contributed by atoms with Crippen molar-refractivity contribution in [2.75, 3.05) is 11.4 Å². The maximum absolute atomic E-state index is 12.7. The van der Waals surface area contributed by atoms with E-state index in [2.05, 4.69) is 58.0 Å². The number of aromatic nitrogens is 3. The van der Waals surface area contributed by atoms with Crippen LogP contribution in [0.4, 0.5) is 5.13 Å². The van der Waals surface area contributed by atoms with Crippen LogP contribution in [0, 0.1) is 6.92 Å². The van der Waals surface area contributed by atoms with Crippen molar-refractivity contribution < 1.29 is 4.79 Å². The molecule has 0 atom stereocenters. The average molecular weight is 444 g/mol. The summed E-state index contributed by atoms with van der Waals surface area (Å²) in [7, 11) is 0. The van der Waals surface area contributed by atoms with Crippen molar-refractivity contribution in [1.29, 1.82) is 0 Å². The largest absolute Gasteiger partial charge is 0.350 e. The Morgan fingerprint density at radius 1 is 0.969 bits per heavy atom. The lowest BCUT2D eigenvalue weighted by Gasteiger charge is -2.21. The number of carbonyl (C=O) groups excluding carboxylic acids is 1. The summed E-state index contributed by atoms with van der Waals surface area (Å²) in [6.07, 6.45) is 4.14. The number of anilines is 1. The van der Waals surface area contributed by atoms with Crippen LogP contribution in [0.15, 0.2) is 79.1 Å². The van der Waals surface area contributed by atoms with E-state index in [1.54, 1.807) is 12.4 Å². The number of benzene rings is 2. The second-order valence-electron chi connectivity index (χ2n) is 7.64. The van der Waals surface area contributed by atoms with Crippen LogP contribution in [-0.2, 0) is 24.3 Å². The minimum Gasteiger partial charge on any atom is -0.350 e. The van der Waals surface area contributed by atoms with Gasteiger partial charge < -0.3 is 10.2 Å². The summed E-state index contributed by atoms with van der Waals surface area (Å²) in [5, 5.41) is 3.72. The monoisotopic (exact) mass is 443 g/mol. The fraction of sp³-hybridized carbons (Fsp3) is 0.200. The molecule has 2 aromatic carbocycles. The molecule has 0 aliphatic rings. The van der Waals surface area contributed by atoms with Gasteiger partial charge >= 0.3 is 0 Å². The molecule has 2 heterocycles. The van der Waals surface area contributed by atoms with Crippen LogP contribution in [0.1, 0.15) is 28.1 Å². The molecule has 7 heteroatoms. The lowest BCUT2D eigenvalue weighted by molar-refractivity contribution is -0.119. The quantitative estimate of drug-likeness (QED) is 0.421. The Labute approximate surface area is 192 Å². The molecule has 6 nitrogen and oxygen atoms in total. The summed E-state index contributed by atoms with van der Waals surface area (Å²) in [5.41, 5.74) is 4.48. The van der Waals surface area contributed by atoms with Gasteiger partial charge in [-0.3, -0.25) is 9.78 Å². The molecule has 0 saturated heterocycles. The SMILES string of the molecule is Cc1ccc(Cc2nsc(N(CC(=O)NCc3cccnc3)Cc3ccccc3)n2)cc1. The van der Waals surface area contributed by atoms with Crippen molar-refractivity contribution in [2.24, 2.45) is 0 Å². The number of hydrogen-bond acceptors (Lipinski definition) is 6. The van der Waals surface area contributed by atoms with E-state index in [4.69, 9.17) is 4.98 Å². The topological polar surface area (TPSA) is 71.0 Å². The third kappa shape index (κ3) is 6.21. The van der Waals surface area contributed by atoms with Crippen molar-refractivity contribution in [2.45, 2.75) is 26.4 Å². The van der Waals surface area contributed by atoms with Gasteiger partial charge in [-0.25, -0.2) is 4.98 Å². The first kappa shape index (κ1) is 21.6. The van der Waals surface area contributed by atoms with Gasteiger partial charge in [0, 0.05) is 43.4 Å². The highest BCUT2D eigenvalue weighted by Gasteiger charge is 2.17. The lowest BCUT2D eigenvalue weighted by Crippen LogP contribution is -2.36. The zero-order valence-corrected chi connectivity index (χ0v) is 18.8. The second-order valence-corrected chi connectivity index (χ2v) is 8.37. The maximum Gasteiger partial charge on any atom is 0.239 e. The molecule has 32 heavy (non-hydrogen) atoms. The van der Waals surface area contributed by atoms with Gasteiger partial charge in [-0.15, -0.1) is 0 Å². The molecule has 0 fully saturated rings. The van der Waals surface area contributed by atoms with Crippen molar-refractivity contribution >= 4 is 22.6 Å². The zero-order chi connectivity index (χ0) is 22.2. The first-order valence-electron chi connectivity index (χ1n) is 10.5. The molecular formula is C25H25N5OS. The summed E-state index contributed by atoms with van der Waals surface area (Å²) in [5.74, 6) is 0.697. The Morgan fingerprint density at radius 3 is 2.50 bits per heavy atom. The van der Waals surface area contributed by atoms with Crippen LogP contribution < -0.4 is 10.2 Å². The van der Waals surface area contributed by atoms with Crippen LogP contribution in [0.2, 0.25) is 0 Å². The van der Waals surface area contributed by atoms with E-state index in [9.17, 15) is 4.79 Å². The molecule has 1 N–H and O–H groups in total. The van der Waals surface area contributed by atoms with Crippen LogP contribution in [0.5, 0.6) is 0 Å². The van der Waals surface area contributed by atoms with Gasteiger partial charge in [-0.2, -0.15) is 4.37 Å². The summed E-state index contributed by atoms with van der Waals surface area (Å²) in [6, 6.07) is 22.3. The molecule has 0 bridgehead atoms. The van der Waals surface area contributed by atoms with E-state index >= 15 is 0 Å². The highest BCUT2D eigenvalue weighted by molar-refractivity contribution is 7.09. The van der Waals surface area contributed by atoms with Gasteiger partial charge in [0.15, 0.2) is 0 Å². The number of aryl methyl sites for hydroxylation is 1. The van der Waals surface area contributed by atoms with Gasteiger partial charge in [0.2, 0.25) is 11.0 Å². The van der Waals surface area contributed by atoms with Crippen LogP contribution in [-0.4, -0.2) is 26.8 Å². The predicted octanol–water partition coefficient (Wildman–Crippen LogP) is 4.16. The first-order valence-corrected chi connectivity index (χ1v) is 11.3. The number of pyridine rings is 1. The summed E-state index contributed by atoms with van der Waals surface area (Å²) < 4.78 is 4.55. The van der Waals surface area contributed by atoms with Crippen molar-refractivity contribution in [3.8, 4) is 0 Å². The Morgan fingerprint density at radius 2 is 1.75 bits per heavy atom. The maximum atomic E-state index is 12.7. The van der Waals surface area contributed by atoms with Gasteiger partial charge in [0.1, 0.15) is 5.82 Å². The number of carbonyl (C=O) groups is 1. The van der Waals surface area contributed by atoms with Crippen molar-refractivity contribution in [3.63, 3.8) is 0 Å². The molecule has 0 radical (unpaired) electrons. The number of nitrogens with zero attached hydrogens (tertiary/aromatic N) is 4. The normalized spacial score (nSPS) is 10.7. The van der Waals surface area contributed by atoms with E-state index in [0.29, 0.717) is 19.5 Å². The highest BCUT2D eigenvalue weighted by Crippen LogP contribution is 2.21. The molecule has 1 amide bonds. The molecule has 162 valence electrons. The molecule has 0 aliphatic heterocycles. The Bertz CT molecular complexity index is 1130. The Balaban J connectivity index is 1.45. The smallest absolute Gasteiger partial charge is 0.239 e. The summed E-state index contributed by atoms with van der Waals surface area (Å²) >= 11 is 1.33. The number of hydrogen-bond donors (Lipinski definition) is 1. The fourth-order valence-electron chi connectivity index (χ4n) is 3.26.